The average Bonchev–Trinajstić information content (AvgIpc) is 3.25. The fraction of sp³-hybridized carbons (Fsp3) is 0.611. The van der Waals surface area contributed by atoms with Crippen molar-refractivity contribution in [2.45, 2.75) is 25.7 Å². The van der Waals surface area contributed by atoms with Gasteiger partial charge >= 0.3 is 0 Å². The zero-order valence-corrected chi connectivity index (χ0v) is 13.4. The van der Waals surface area contributed by atoms with Gasteiger partial charge in [0.1, 0.15) is 5.75 Å². The van der Waals surface area contributed by atoms with Crippen LogP contribution in [0, 0.1) is 11.3 Å². The molecule has 0 radical (unpaired) electrons. The van der Waals surface area contributed by atoms with Crippen LogP contribution in [-0.2, 0) is 4.79 Å². The summed E-state index contributed by atoms with van der Waals surface area (Å²) in [4.78, 5) is 14.4. The lowest BCUT2D eigenvalue weighted by Crippen LogP contribution is -2.35. The lowest BCUT2D eigenvalue weighted by molar-refractivity contribution is -0.132. The monoisotopic (exact) mass is 302 g/mol. The van der Waals surface area contributed by atoms with Gasteiger partial charge in [-0.25, -0.2) is 0 Å². The number of nitrogens with zero attached hydrogens (tertiary/aromatic N) is 1. The Bertz CT molecular complexity index is 497. The molecule has 1 aliphatic heterocycles. The van der Waals surface area contributed by atoms with Crippen LogP contribution >= 0.6 is 0 Å². The molecular weight excluding hydrogens is 276 g/mol. The zero-order chi connectivity index (χ0) is 15.4. The third kappa shape index (κ3) is 3.43. The molecule has 1 N–H and O–H groups in total. The highest BCUT2D eigenvalue weighted by atomic mass is 16.5. The largest absolute Gasteiger partial charge is 0.494 e. The van der Waals surface area contributed by atoms with Crippen molar-refractivity contribution in [3.63, 3.8) is 0 Å². The first-order chi connectivity index (χ1) is 10.7. The second kappa shape index (κ2) is 6.69. The highest BCUT2D eigenvalue weighted by molar-refractivity contribution is 5.82. The molecule has 3 rings (SSSR count). The second-order valence-electron chi connectivity index (χ2n) is 6.64. The fourth-order valence-corrected chi connectivity index (χ4v) is 3.56. The van der Waals surface area contributed by atoms with Crippen molar-refractivity contribution in [2.75, 3.05) is 33.3 Å². The van der Waals surface area contributed by atoms with Gasteiger partial charge < -0.3 is 15.0 Å². The van der Waals surface area contributed by atoms with E-state index in [1.54, 1.807) is 0 Å². The fourth-order valence-electron chi connectivity index (χ4n) is 3.56. The summed E-state index contributed by atoms with van der Waals surface area (Å²) in [6.07, 6.45) is 4.29. The predicted octanol–water partition coefficient (Wildman–Crippen LogP) is 2.30. The molecule has 2 aliphatic rings. The van der Waals surface area contributed by atoms with Crippen LogP contribution in [0.4, 0.5) is 0 Å². The number of hydrogen-bond donors (Lipinski definition) is 1. The third-order valence-electron chi connectivity index (χ3n) is 5.11. The van der Waals surface area contributed by atoms with Gasteiger partial charge in [0, 0.05) is 19.5 Å². The number of nitrogens with one attached hydrogen (secondary N) is 1. The highest BCUT2D eigenvalue weighted by Gasteiger charge is 2.58. The van der Waals surface area contributed by atoms with Gasteiger partial charge in [-0.15, -0.1) is 0 Å². The van der Waals surface area contributed by atoms with Crippen LogP contribution in [0.25, 0.3) is 0 Å². The lowest BCUT2D eigenvalue weighted by Gasteiger charge is -2.25. The molecule has 1 heterocycles. The van der Waals surface area contributed by atoms with Crippen molar-refractivity contribution in [1.82, 2.24) is 10.2 Å². The molecule has 2 fully saturated rings. The lowest BCUT2D eigenvalue weighted by atomic mass is 9.91. The summed E-state index contributed by atoms with van der Waals surface area (Å²) in [5, 5.41) is 3.39. The number of hydrogen-bond acceptors (Lipinski definition) is 3. The van der Waals surface area contributed by atoms with Gasteiger partial charge in [-0.3, -0.25) is 4.79 Å². The first kappa shape index (κ1) is 15.3. The zero-order valence-electron chi connectivity index (χ0n) is 13.4. The molecule has 1 atom stereocenters. The molecule has 1 aromatic rings. The van der Waals surface area contributed by atoms with Crippen LogP contribution < -0.4 is 10.1 Å². The Kier molecular flexibility index (Phi) is 4.67. The van der Waals surface area contributed by atoms with Gasteiger partial charge in [0.25, 0.3) is 0 Å². The van der Waals surface area contributed by atoms with Crippen molar-refractivity contribution in [3.8, 4) is 5.75 Å². The number of piperidine rings is 1. The van der Waals surface area contributed by atoms with E-state index in [-0.39, 0.29) is 5.92 Å². The molecule has 1 aliphatic carbocycles. The van der Waals surface area contributed by atoms with Gasteiger partial charge in [-0.1, -0.05) is 18.2 Å². The number of carbonyl (C=O) groups excluding carboxylic acids is 1. The Morgan fingerprint density at radius 3 is 2.77 bits per heavy atom. The summed E-state index contributed by atoms with van der Waals surface area (Å²) in [6.45, 7) is 3.56. The van der Waals surface area contributed by atoms with Crippen LogP contribution in [0.15, 0.2) is 30.3 Å². The quantitative estimate of drug-likeness (QED) is 0.820. The van der Waals surface area contributed by atoms with E-state index in [2.05, 4.69) is 5.32 Å². The van der Waals surface area contributed by atoms with Gasteiger partial charge in [-0.05, 0) is 56.3 Å². The van der Waals surface area contributed by atoms with Crippen LogP contribution in [-0.4, -0.2) is 44.1 Å². The minimum absolute atomic E-state index is 0.273. The van der Waals surface area contributed by atoms with Crippen LogP contribution in [0.5, 0.6) is 5.75 Å². The molecule has 4 heteroatoms. The first-order valence-electron chi connectivity index (χ1n) is 8.35. The van der Waals surface area contributed by atoms with Gasteiger partial charge in [-0.2, -0.15) is 0 Å². The average molecular weight is 302 g/mol. The molecular formula is C18H26N2O2. The molecule has 4 nitrogen and oxygen atoms in total. The Morgan fingerprint density at radius 2 is 2.05 bits per heavy atom. The molecule has 1 amide bonds. The first-order valence-corrected chi connectivity index (χ1v) is 8.35. The normalized spacial score (nSPS) is 22.3. The molecule has 1 saturated heterocycles. The standard InChI is InChI=1S/C18H26N2O2/c1-20(12-5-13-22-15-6-3-2-4-7-15)17(21)16-14-18(16)8-10-19-11-9-18/h2-4,6-7,16,19H,5,8-14H2,1H3. The summed E-state index contributed by atoms with van der Waals surface area (Å²) >= 11 is 0. The predicted molar refractivity (Wildman–Crippen MR) is 86.8 cm³/mol. The number of rotatable bonds is 6. The summed E-state index contributed by atoms with van der Waals surface area (Å²) in [7, 11) is 1.93. The molecule has 22 heavy (non-hydrogen) atoms. The van der Waals surface area contributed by atoms with Crippen LogP contribution in [0.1, 0.15) is 25.7 Å². The van der Waals surface area contributed by atoms with Crippen LogP contribution in [0.2, 0.25) is 0 Å². The van der Waals surface area contributed by atoms with Crippen molar-refractivity contribution in [3.05, 3.63) is 30.3 Å². The van der Waals surface area contributed by atoms with Gasteiger partial charge in [0.05, 0.1) is 6.61 Å². The molecule has 1 unspecified atom stereocenters. The molecule has 1 spiro atoms. The second-order valence-corrected chi connectivity index (χ2v) is 6.64. The maximum atomic E-state index is 12.5. The summed E-state index contributed by atoms with van der Waals surface area (Å²) in [5.41, 5.74) is 0.330. The number of amides is 1. The van der Waals surface area contributed by atoms with Crippen LogP contribution in [0.3, 0.4) is 0 Å². The third-order valence-corrected chi connectivity index (χ3v) is 5.11. The van der Waals surface area contributed by atoms with Crippen molar-refractivity contribution in [1.29, 1.82) is 0 Å². The Labute approximate surface area is 132 Å². The number of benzene rings is 1. The van der Waals surface area contributed by atoms with E-state index in [0.29, 0.717) is 17.9 Å². The van der Waals surface area contributed by atoms with Crippen molar-refractivity contribution in [2.24, 2.45) is 11.3 Å². The maximum Gasteiger partial charge on any atom is 0.226 e. The molecule has 120 valence electrons. The maximum absolute atomic E-state index is 12.5. The number of carbonyl (C=O) groups is 1. The SMILES string of the molecule is CN(CCCOc1ccccc1)C(=O)C1CC12CCNCC2. The topological polar surface area (TPSA) is 41.6 Å². The van der Waals surface area contributed by atoms with E-state index in [1.807, 2.05) is 42.3 Å². The minimum atomic E-state index is 0.273. The summed E-state index contributed by atoms with van der Waals surface area (Å²) < 4.78 is 5.68. The van der Waals surface area contributed by atoms with E-state index in [4.69, 9.17) is 4.74 Å². The van der Waals surface area contributed by atoms with Gasteiger partial charge in [0.15, 0.2) is 0 Å². The van der Waals surface area contributed by atoms with E-state index in [0.717, 1.165) is 51.1 Å². The molecule has 1 saturated carbocycles. The molecule has 0 aromatic heterocycles. The molecule has 1 aromatic carbocycles. The van der Waals surface area contributed by atoms with E-state index < -0.39 is 0 Å². The van der Waals surface area contributed by atoms with Gasteiger partial charge in [0.2, 0.25) is 5.91 Å². The van der Waals surface area contributed by atoms with Crippen molar-refractivity contribution >= 4 is 5.91 Å². The number of ether oxygens (including phenoxy) is 1. The highest BCUT2D eigenvalue weighted by Crippen LogP contribution is 2.59. The van der Waals surface area contributed by atoms with E-state index in [1.165, 1.54) is 0 Å². The summed E-state index contributed by atoms with van der Waals surface area (Å²) in [6, 6.07) is 9.83. The van der Waals surface area contributed by atoms with E-state index >= 15 is 0 Å². The summed E-state index contributed by atoms with van der Waals surface area (Å²) in [5.74, 6) is 1.50. The Morgan fingerprint density at radius 1 is 1.32 bits per heavy atom. The van der Waals surface area contributed by atoms with E-state index in [9.17, 15) is 4.79 Å². The Hall–Kier alpha value is -1.55. The molecule has 0 bridgehead atoms. The minimum Gasteiger partial charge on any atom is -0.494 e. The smallest absolute Gasteiger partial charge is 0.226 e. The van der Waals surface area contributed by atoms with Crippen molar-refractivity contribution < 1.29 is 9.53 Å². The Balaban J connectivity index is 1.37. The number of para-hydroxylation sites is 1.